The Labute approximate surface area is 178 Å². The number of benzene rings is 1. The van der Waals surface area contributed by atoms with Crippen LogP contribution in [0.1, 0.15) is 36.9 Å². The van der Waals surface area contributed by atoms with E-state index in [1.165, 1.54) is 12.1 Å². The molecule has 2 heterocycles. The average Bonchev–Trinajstić information content (AvgIpc) is 3.13. The minimum atomic E-state index is -4.37. The van der Waals surface area contributed by atoms with E-state index in [1.807, 2.05) is 18.2 Å². The van der Waals surface area contributed by atoms with Gasteiger partial charge in [-0.2, -0.15) is 18.2 Å². The van der Waals surface area contributed by atoms with Gasteiger partial charge in [0.15, 0.2) is 5.65 Å². The Hall–Kier alpha value is -2.65. The smallest absolute Gasteiger partial charge is 0.387 e. The van der Waals surface area contributed by atoms with Gasteiger partial charge < -0.3 is 15.2 Å². The van der Waals surface area contributed by atoms with Crippen molar-refractivity contribution in [2.24, 2.45) is 5.92 Å². The molecule has 1 aromatic carbocycles. The number of hydrogen-bond donors (Lipinski definition) is 2. The minimum Gasteiger partial charge on any atom is -0.387 e. The molecule has 0 aliphatic heterocycles. The Bertz CT molecular complexity index is 1030. The first-order valence-corrected chi connectivity index (χ1v) is 10.3. The molecule has 0 atom stereocenters. The Balaban J connectivity index is 1.46. The monoisotopic (exact) mass is 434 g/mol. The normalized spacial score (nSPS) is 22.0. The van der Waals surface area contributed by atoms with Crippen LogP contribution in [-0.4, -0.2) is 39.0 Å². The maximum atomic E-state index is 12.7. The largest absolute Gasteiger partial charge is 0.416 e. The highest BCUT2D eigenvalue weighted by molar-refractivity contribution is 5.56. The fraction of sp³-hybridized carbons (Fsp3) is 0.455. The number of nitrogens with one attached hydrogen (secondary N) is 1. The Kier molecular flexibility index (Phi) is 5.90. The molecule has 3 aromatic rings. The van der Waals surface area contributed by atoms with Crippen LogP contribution in [0.3, 0.4) is 0 Å². The highest BCUT2D eigenvalue weighted by Crippen LogP contribution is 2.34. The summed E-state index contributed by atoms with van der Waals surface area (Å²) < 4.78 is 45.1. The van der Waals surface area contributed by atoms with Crippen molar-refractivity contribution < 1.29 is 23.0 Å². The number of fused-ring (bicyclic) bond motifs is 1. The van der Waals surface area contributed by atoms with Gasteiger partial charge in [-0.3, -0.25) is 0 Å². The van der Waals surface area contributed by atoms with Crippen LogP contribution in [0.2, 0.25) is 0 Å². The lowest BCUT2D eigenvalue weighted by molar-refractivity contribution is -0.137. The molecule has 1 saturated carbocycles. The summed E-state index contributed by atoms with van der Waals surface area (Å²) in [6, 6.07) is 10.5. The van der Waals surface area contributed by atoms with Gasteiger partial charge in [0.05, 0.1) is 17.8 Å². The molecule has 2 aromatic heterocycles. The molecule has 1 fully saturated rings. The molecule has 1 aliphatic carbocycles. The van der Waals surface area contributed by atoms with Gasteiger partial charge in [0.25, 0.3) is 0 Å². The van der Waals surface area contributed by atoms with Crippen molar-refractivity contribution in [3.63, 3.8) is 0 Å². The van der Waals surface area contributed by atoms with E-state index in [0.717, 1.165) is 37.1 Å². The van der Waals surface area contributed by atoms with Crippen LogP contribution >= 0.6 is 0 Å². The maximum absolute atomic E-state index is 12.7. The van der Waals surface area contributed by atoms with E-state index < -0.39 is 17.3 Å². The van der Waals surface area contributed by atoms with Crippen molar-refractivity contribution in [2.45, 2.75) is 43.9 Å². The molecule has 0 amide bonds. The van der Waals surface area contributed by atoms with Crippen LogP contribution in [0, 0.1) is 5.92 Å². The van der Waals surface area contributed by atoms with Gasteiger partial charge in [0, 0.05) is 18.5 Å². The van der Waals surface area contributed by atoms with Crippen molar-refractivity contribution in [1.29, 1.82) is 0 Å². The number of pyridine rings is 1. The molecule has 0 unspecified atom stereocenters. The number of nitrogens with zero attached hydrogens (tertiary/aromatic N) is 3. The zero-order valence-corrected chi connectivity index (χ0v) is 17.2. The van der Waals surface area contributed by atoms with Crippen molar-refractivity contribution in [3.8, 4) is 0 Å². The highest BCUT2D eigenvalue weighted by atomic mass is 19.4. The molecule has 0 saturated heterocycles. The summed E-state index contributed by atoms with van der Waals surface area (Å²) in [6.45, 7) is 0.358. The lowest BCUT2D eigenvalue weighted by atomic mass is 9.77. The van der Waals surface area contributed by atoms with Gasteiger partial charge in [-0.1, -0.05) is 6.07 Å². The summed E-state index contributed by atoms with van der Waals surface area (Å²) in [5.41, 5.74) is 0.720. The SMILES string of the molecule is COC[C@]1(O)CC[C@@H](Cc2cccc3nc(Nc4ccc(C(F)(F)F)cc4)nn23)CC1. The maximum Gasteiger partial charge on any atom is 0.416 e. The number of aliphatic hydroxyl groups is 1. The standard InChI is InChI=1S/C22H25F3N4O2/c1-31-14-21(30)11-9-15(10-12-21)13-18-3-2-4-19-27-20(28-29(18)19)26-17-7-5-16(6-8-17)22(23,24)25/h2-8,15,30H,9-14H2,1H3,(H,26,28)/t15-,21+. The van der Waals surface area contributed by atoms with Gasteiger partial charge in [0.2, 0.25) is 5.95 Å². The lowest BCUT2D eigenvalue weighted by Crippen LogP contribution is -2.38. The summed E-state index contributed by atoms with van der Waals surface area (Å²) in [7, 11) is 1.60. The second-order valence-electron chi connectivity index (χ2n) is 8.23. The fourth-order valence-electron chi connectivity index (χ4n) is 4.17. The predicted octanol–water partition coefficient (Wildman–Crippen LogP) is 4.60. The Morgan fingerprint density at radius 3 is 2.52 bits per heavy atom. The zero-order chi connectivity index (χ0) is 22.1. The first-order valence-electron chi connectivity index (χ1n) is 10.3. The molecule has 166 valence electrons. The van der Waals surface area contributed by atoms with Crippen molar-refractivity contribution in [1.82, 2.24) is 14.6 Å². The quantitative estimate of drug-likeness (QED) is 0.593. The topological polar surface area (TPSA) is 71.7 Å². The molecule has 0 spiro atoms. The fourth-order valence-corrected chi connectivity index (χ4v) is 4.17. The minimum absolute atomic E-state index is 0.324. The van der Waals surface area contributed by atoms with Crippen molar-refractivity contribution in [2.75, 3.05) is 19.0 Å². The molecule has 31 heavy (non-hydrogen) atoms. The van der Waals surface area contributed by atoms with Gasteiger partial charge >= 0.3 is 6.18 Å². The second-order valence-corrected chi connectivity index (χ2v) is 8.23. The molecule has 6 nitrogen and oxygen atoms in total. The van der Waals surface area contributed by atoms with Crippen LogP contribution in [0.25, 0.3) is 5.65 Å². The zero-order valence-electron chi connectivity index (χ0n) is 17.2. The van der Waals surface area contributed by atoms with E-state index in [-0.39, 0.29) is 0 Å². The van der Waals surface area contributed by atoms with Gasteiger partial charge in [-0.05, 0) is 74.4 Å². The molecular formula is C22H25F3N4O2. The van der Waals surface area contributed by atoms with Crippen LogP contribution in [0.5, 0.6) is 0 Å². The Morgan fingerprint density at radius 1 is 1.16 bits per heavy atom. The molecule has 0 radical (unpaired) electrons. The predicted molar refractivity (Wildman–Crippen MR) is 110 cm³/mol. The number of alkyl halides is 3. The van der Waals surface area contributed by atoms with E-state index in [9.17, 15) is 18.3 Å². The number of rotatable bonds is 6. The summed E-state index contributed by atoms with van der Waals surface area (Å²) >= 11 is 0. The highest BCUT2D eigenvalue weighted by Gasteiger charge is 2.33. The van der Waals surface area contributed by atoms with Gasteiger partial charge in [-0.25, -0.2) is 4.52 Å². The first kappa shape index (κ1) is 21.6. The molecule has 1 aliphatic rings. The molecule has 9 heteroatoms. The van der Waals surface area contributed by atoms with Crippen LogP contribution in [0.15, 0.2) is 42.5 Å². The molecular weight excluding hydrogens is 409 g/mol. The average molecular weight is 434 g/mol. The van der Waals surface area contributed by atoms with Crippen molar-refractivity contribution >= 4 is 17.3 Å². The molecule has 0 bridgehead atoms. The van der Waals surface area contributed by atoms with E-state index in [4.69, 9.17) is 4.74 Å². The number of anilines is 2. The number of ether oxygens (including phenoxy) is 1. The summed E-state index contributed by atoms with van der Waals surface area (Å²) in [5, 5.41) is 18.0. The number of hydrogen-bond acceptors (Lipinski definition) is 5. The third-order valence-electron chi connectivity index (χ3n) is 5.85. The number of methoxy groups -OCH3 is 1. The van der Waals surface area contributed by atoms with Crippen LogP contribution in [0.4, 0.5) is 24.8 Å². The summed E-state index contributed by atoms with van der Waals surface area (Å²) in [6.07, 6.45) is -0.334. The van der Waals surface area contributed by atoms with Crippen LogP contribution in [-0.2, 0) is 17.3 Å². The number of halogens is 3. The molecule has 4 rings (SSSR count). The van der Waals surface area contributed by atoms with Gasteiger partial charge in [-0.15, -0.1) is 5.10 Å². The summed E-state index contributed by atoms with van der Waals surface area (Å²) in [4.78, 5) is 4.44. The van der Waals surface area contributed by atoms with E-state index in [2.05, 4.69) is 15.4 Å². The van der Waals surface area contributed by atoms with E-state index in [1.54, 1.807) is 11.6 Å². The van der Waals surface area contributed by atoms with Crippen LogP contribution < -0.4 is 5.32 Å². The summed E-state index contributed by atoms with van der Waals surface area (Å²) in [5.74, 6) is 0.753. The lowest BCUT2D eigenvalue weighted by Gasteiger charge is -2.35. The first-order chi connectivity index (χ1) is 14.8. The Morgan fingerprint density at radius 2 is 1.87 bits per heavy atom. The van der Waals surface area contributed by atoms with Gasteiger partial charge in [0.1, 0.15) is 0 Å². The molecule has 2 N–H and O–H groups in total. The second kappa shape index (κ2) is 8.47. The van der Waals surface area contributed by atoms with E-state index in [0.29, 0.717) is 42.6 Å². The van der Waals surface area contributed by atoms with Crippen molar-refractivity contribution in [3.05, 3.63) is 53.7 Å². The third kappa shape index (κ3) is 4.99. The van der Waals surface area contributed by atoms with E-state index >= 15 is 0 Å². The number of aromatic nitrogens is 3. The third-order valence-corrected chi connectivity index (χ3v) is 5.85.